The van der Waals surface area contributed by atoms with E-state index in [4.69, 9.17) is 44.3 Å². The van der Waals surface area contributed by atoms with Crippen LogP contribution in [0.25, 0.3) is 6.08 Å². The van der Waals surface area contributed by atoms with Crippen molar-refractivity contribution < 1.29 is 23.5 Å². The Labute approximate surface area is 220 Å². The number of thioether (sulfide) groups is 1. The standard InChI is InChI=1S/C25H17Cl3FNO4S/c1-33-21-7-2-14(8-22(21)34-13-16-3-5-17(26)10-19(16)27)9-23-24(31)30(25(32)35-23)12-15-4-6-18(29)11-20(15)28/h2-11H,12-13H2,1H3/b23-9-. The maximum atomic E-state index is 13.3. The molecule has 1 heterocycles. The summed E-state index contributed by atoms with van der Waals surface area (Å²) in [6.45, 7) is 0.116. The number of imide groups is 1. The Balaban J connectivity index is 1.53. The molecule has 5 nitrogen and oxygen atoms in total. The Morgan fingerprint density at radius 2 is 1.69 bits per heavy atom. The van der Waals surface area contributed by atoms with E-state index in [1.165, 1.54) is 19.2 Å². The Kier molecular flexibility index (Phi) is 7.91. The molecule has 0 unspecified atom stereocenters. The topological polar surface area (TPSA) is 55.8 Å². The molecule has 1 aliphatic rings. The third-order valence-electron chi connectivity index (χ3n) is 5.10. The van der Waals surface area contributed by atoms with Crippen LogP contribution in [0.15, 0.2) is 59.5 Å². The van der Waals surface area contributed by atoms with E-state index < -0.39 is 17.0 Å². The van der Waals surface area contributed by atoms with E-state index in [9.17, 15) is 14.0 Å². The number of nitrogens with zero attached hydrogens (tertiary/aromatic N) is 1. The normalized spacial score (nSPS) is 14.7. The van der Waals surface area contributed by atoms with Crippen LogP contribution in [0, 0.1) is 5.82 Å². The number of rotatable bonds is 7. The number of carbonyl (C=O) groups excluding carboxylic acids is 2. The second-order valence-electron chi connectivity index (χ2n) is 7.44. The van der Waals surface area contributed by atoms with Gasteiger partial charge in [-0.3, -0.25) is 14.5 Å². The molecule has 1 aliphatic heterocycles. The zero-order valence-corrected chi connectivity index (χ0v) is 21.3. The second kappa shape index (κ2) is 10.9. The van der Waals surface area contributed by atoms with E-state index in [0.717, 1.165) is 28.3 Å². The number of amides is 2. The van der Waals surface area contributed by atoms with Crippen LogP contribution in [0.2, 0.25) is 15.1 Å². The van der Waals surface area contributed by atoms with E-state index in [-0.39, 0.29) is 23.1 Å². The highest BCUT2D eigenvalue weighted by Gasteiger charge is 2.35. The molecule has 0 bridgehead atoms. The summed E-state index contributed by atoms with van der Waals surface area (Å²) in [5.74, 6) is -0.0360. The molecule has 2 amide bonds. The molecule has 0 radical (unpaired) electrons. The molecule has 0 saturated carbocycles. The molecule has 35 heavy (non-hydrogen) atoms. The molecule has 0 aromatic heterocycles. The Morgan fingerprint density at radius 1 is 0.943 bits per heavy atom. The average molecular weight is 553 g/mol. The summed E-state index contributed by atoms with van der Waals surface area (Å²) in [6, 6.07) is 14.1. The van der Waals surface area contributed by atoms with Crippen molar-refractivity contribution in [3.8, 4) is 11.5 Å². The molecular weight excluding hydrogens is 536 g/mol. The number of methoxy groups -OCH3 is 1. The van der Waals surface area contributed by atoms with Gasteiger partial charge in [0.25, 0.3) is 11.1 Å². The van der Waals surface area contributed by atoms with E-state index in [1.807, 2.05) is 0 Å². The van der Waals surface area contributed by atoms with Crippen LogP contribution in [0.1, 0.15) is 16.7 Å². The molecule has 0 atom stereocenters. The summed E-state index contributed by atoms with van der Waals surface area (Å²) in [5, 5.41) is 0.700. The van der Waals surface area contributed by atoms with Crippen molar-refractivity contribution in [1.29, 1.82) is 0 Å². The third-order valence-corrected chi connectivity index (χ3v) is 6.95. The zero-order valence-electron chi connectivity index (χ0n) is 18.2. The number of hydrogen-bond acceptors (Lipinski definition) is 5. The Bertz CT molecular complexity index is 1350. The minimum absolute atomic E-state index is 0.0556. The van der Waals surface area contributed by atoms with Crippen LogP contribution in [0.3, 0.4) is 0 Å². The number of hydrogen-bond donors (Lipinski definition) is 0. The maximum absolute atomic E-state index is 13.3. The smallest absolute Gasteiger partial charge is 0.293 e. The summed E-state index contributed by atoms with van der Waals surface area (Å²) in [6.07, 6.45) is 1.60. The first-order valence-corrected chi connectivity index (χ1v) is 12.1. The second-order valence-corrected chi connectivity index (χ2v) is 9.68. The molecule has 3 aromatic carbocycles. The van der Waals surface area contributed by atoms with Crippen LogP contribution in [-0.2, 0) is 17.9 Å². The van der Waals surface area contributed by atoms with E-state index >= 15 is 0 Å². The lowest BCUT2D eigenvalue weighted by atomic mass is 10.1. The molecule has 0 aliphatic carbocycles. The van der Waals surface area contributed by atoms with Crippen molar-refractivity contribution in [1.82, 2.24) is 4.90 Å². The summed E-state index contributed by atoms with van der Waals surface area (Å²) >= 11 is 19.0. The fraction of sp³-hybridized carbons (Fsp3) is 0.120. The van der Waals surface area contributed by atoms with E-state index in [2.05, 4.69) is 0 Å². The lowest BCUT2D eigenvalue weighted by molar-refractivity contribution is -0.123. The number of carbonyl (C=O) groups is 2. The Hall–Kier alpha value is -2.71. The van der Waals surface area contributed by atoms with Gasteiger partial charge in [-0.25, -0.2) is 4.39 Å². The van der Waals surface area contributed by atoms with Crippen molar-refractivity contribution in [3.63, 3.8) is 0 Å². The van der Waals surface area contributed by atoms with Gasteiger partial charge < -0.3 is 9.47 Å². The fourth-order valence-electron chi connectivity index (χ4n) is 3.30. The summed E-state index contributed by atoms with van der Waals surface area (Å²) in [7, 11) is 1.52. The van der Waals surface area contributed by atoms with Gasteiger partial charge >= 0.3 is 0 Å². The van der Waals surface area contributed by atoms with Gasteiger partial charge in [0.15, 0.2) is 11.5 Å². The highest BCUT2D eigenvalue weighted by atomic mass is 35.5. The maximum Gasteiger partial charge on any atom is 0.293 e. The molecule has 10 heteroatoms. The van der Waals surface area contributed by atoms with Crippen LogP contribution in [0.5, 0.6) is 11.5 Å². The number of ether oxygens (including phenoxy) is 2. The lowest BCUT2D eigenvalue weighted by Crippen LogP contribution is -2.27. The quantitative estimate of drug-likeness (QED) is 0.282. The average Bonchev–Trinajstić information content (AvgIpc) is 3.07. The largest absolute Gasteiger partial charge is 0.493 e. The number of benzene rings is 3. The highest BCUT2D eigenvalue weighted by molar-refractivity contribution is 8.18. The molecular formula is C25H17Cl3FNO4S. The third kappa shape index (κ3) is 5.93. The van der Waals surface area contributed by atoms with Gasteiger partial charge in [-0.05, 0) is 65.4 Å². The number of halogens is 4. The SMILES string of the molecule is COc1ccc(/C=C2\SC(=O)N(Cc3ccc(F)cc3Cl)C2=O)cc1OCc1ccc(Cl)cc1Cl. The molecule has 180 valence electrons. The highest BCUT2D eigenvalue weighted by Crippen LogP contribution is 2.36. The fourth-order valence-corrected chi connectivity index (χ4v) is 4.83. The van der Waals surface area contributed by atoms with Gasteiger partial charge in [-0.2, -0.15) is 0 Å². The summed E-state index contributed by atoms with van der Waals surface area (Å²) < 4.78 is 24.6. The predicted octanol–water partition coefficient (Wildman–Crippen LogP) is 7.61. The van der Waals surface area contributed by atoms with Crippen LogP contribution in [0.4, 0.5) is 9.18 Å². The van der Waals surface area contributed by atoms with Crippen molar-refractivity contribution >= 4 is 63.8 Å². The van der Waals surface area contributed by atoms with Crippen molar-refractivity contribution in [2.24, 2.45) is 0 Å². The summed E-state index contributed by atoms with van der Waals surface area (Å²) in [4.78, 5) is 26.7. The van der Waals surface area contributed by atoms with Gasteiger partial charge in [-0.15, -0.1) is 0 Å². The predicted molar refractivity (Wildman–Crippen MR) is 137 cm³/mol. The first kappa shape index (κ1) is 25.4. The van der Waals surface area contributed by atoms with Gasteiger partial charge in [0.05, 0.1) is 18.6 Å². The molecule has 4 rings (SSSR count). The zero-order chi connectivity index (χ0) is 25.1. The van der Waals surface area contributed by atoms with Gasteiger partial charge in [0.1, 0.15) is 12.4 Å². The first-order valence-electron chi connectivity index (χ1n) is 10.2. The van der Waals surface area contributed by atoms with Crippen LogP contribution < -0.4 is 9.47 Å². The minimum Gasteiger partial charge on any atom is -0.493 e. The lowest BCUT2D eigenvalue weighted by Gasteiger charge is -2.14. The molecule has 0 N–H and O–H groups in total. The molecule has 1 fully saturated rings. The molecule has 1 saturated heterocycles. The molecule has 3 aromatic rings. The Morgan fingerprint density at radius 3 is 2.40 bits per heavy atom. The van der Waals surface area contributed by atoms with Crippen LogP contribution in [-0.4, -0.2) is 23.2 Å². The van der Waals surface area contributed by atoms with E-state index in [1.54, 1.807) is 42.5 Å². The van der Waals surface area contributed by atoms with Crippen molar-refractivity contribution in [3.05, 3.63) is 97.1 Å². The summed E-state index contributed by atoms with van der Waals surface area (Å²) in [5.41, 5.74) is 1.84. The monoisotopic (exact) mass is 551 g/mol. The first-order chi connectivity index (χ1) is 16.7. The van der Waals surface area contributed by atoms with Gasteiger partial charge in [0, 0.05) is 20.6 Å². The molecule has 0 spiro atoms. The van der Waals surface area contributed by atoms with Gasteiger partial charge in [-0.1, -0.05) is 53.0 Å². The van der Waals surface area contributed by atoms with Crippen molar-refractivity contribution in [2.75, 3.05) is 7.11 Å². The minimum atomic E-state index is -0.497. The van der Waals surface area contributed by atoms with Crippen LogP contribution >= 0.6 is 46.6 Å². The van der Waals surface area contributed by atoms with E-state index in [0.29, 0.717) is 32.7 Å². The van der Waals surface area contributed by atoms with Gasteiger partial charge in [0.2, 0.25) is 0 Å². The van der Waals surface area contributed by atoms with Crippen molar-refractivity contribution in [2.45, 2.75) is 13.2 Å².